The van der Waals surface area contributed by atoms with Gasteiger partial charge in [0.1, 0.15) is 0 Å². The van der Waals surface area contributed by atoms with Crippen molar-refractivity contribution in [3.63, 3.8) is 0 Å². The van der Waals surface area contributed by atoms with Gasteiger partial charge in [0.05, 0.1) is 23.1 Å². The molecule has 0 spiro atoms. The summed E-state index contributed by atoms with van der Waals surface area (Å²) in [4.78, 5) is 24.3. The van der Waals surface area contributed by atoms with E-state index in [1.165, 1.54) is 12.1 Å². The molecule has 1 aliphatic rings. The van der Waals surface area contributed by atoms with Crippen LogP contribution >= 0.6 is 0 Å². The molecule has 0 saturated heterocycles. The molecule has 1 aliphatic heterocycles. The molecule has 0 fully saturated rings. The summed E-state index contributed by atoms with van der Waals surface area (Å²) in [6.07, 6.45) is 0.801. The zero-order chi connectivity index (χ0) is 16.4. The molecule has 0 saturated carbocycles. The van der Waals surface area contributed by atoms with Crippen LogP contribution in [0.2, 0.25) is 0 Å². The molecule has 6 heteroatoms. The molecule has 6 nitrogen and oxygen atoms in total. The van der Waals surface area contributed by atoms with Gasteiger partial charge >= 0.3 is 0 Å². The number of hydrogen-bond acceptors (Lipinski definition) is 4. The molecule has 2 aromatic rings. The number of nitro groups is 1. The Morgan fingerprint density at radius 2 is 2.00 bits per heavy atom. The van der Waals surface area contributed by atoms with E-state index in [0.717, 1.165) is 11.1 Å². The number of fused-ring (bicyclic) bond motifs is 1. The normalized spacial score (nSPS) is 13.3. The van der Waals surface area contributed by atoms with Crippen molar-refractivity contribution in [2.45, 2.75) is 19.4 Å². The van der Waals surface area contributed by atoms with Gasteiger partial charge in [-0.05, 0) is 29.7 Å². The zero-order valence-corrected chi connectivity index (χ0v) is 12.2. The van der Waals surface area contributed by atoms with Gasteiger partial charge in [-0.1, -0.05) is 18.2 Å². The van der Waals surface area contributed by atoms with Crippen molar-refractivity contribution >= 4 is 17.3 Å². The molecule has 0 unspecified atom stereocenters. The Bertz CT molecular complexity index is 839. The predicted octanol–water partition coefficient (Wildman–Crippen LogP) is 2.95. The maximum Gasteiger partial charge on any atom is 0.269 e. The highest BCUT2D eigenvalue weighted by molar-refractivity contribution is 5.96. The Morgan fingerprint density at radius 3 is 2.74 bits per heavy atom. The maximum atomic E-state index is 12.3. The molecule has 0 atom stereocenters. The first-order chi connectivity index (χ1) is 11.1. The Balaban J connectivity index is 1.99. The number of anilines is 1. The van der Waals surface area contributed by atoms with Gasteiger partial charge in [0.25, 0.3) is 5.69 Å². The fourth-order valence-corrected chi connectivity index (χ4v) is 2.77. The molecule has 1 amide bonds. The van der Waals surface area contributed by atoms with E-state index in [-0.39, 0.29) is 18.1 Å². The van der Waals surface area contributed by atoms with E-state index in [2.05, 4.69) is 6.07 Å². The second-order valence-electron chi connectivity index (χ2n) is 5.32. The first-order valence-corrected chi connectivity index (χ1v) is 7.16. The average molecular weight is 307 g/mol. The van der Waals surface area contributed by atoms with E-state index in [1.54, 1.807) is 23.1 Å². The lowest BCUT2D eigenvalue weighted by molar-refractivity contribution is -0.384. The number of hydrogen-bond donors (Lipinski definition) is 0. The van der Waals surface area contributed by atoms with Crippen LogP contribution < -0.4 is 4.90 Å². The summed E-state index contributed by atoms with van der Waals surface area (Å²) in [6.45, 7) is 0.285. The largest absolute Gasteiger partial charge is 0.308 e. The minimum absolute atomic E-state index is 0.0236. The van der Waals surface area contributed by atoms with Crippen LogP contribution in [0.1, 0.15) is 23.1 Å². The van der Waals surface area contributed by atoms with Gasteiger partial charge in [0.2, 0.25) is 5.91 Å². The Hall–Kier alpha value is -3.20. The monoisotopic (exact) mass is 307 g/mol. The third kappa shape index (κ3) is 2.77. The van der Waals surface area contributed by atoms with Crippen LogP contribution in [-0.4, -0.2) is 10.8 Å². The molecule has 3 rings (SSSR count). The smallest absolute Gasteiger partial charge is 0.269 e. The van der Waals surface area contributed by atoms with Crippen molar-refractivity contribution in [3.05, 3.63) is 69.3 Å². The molecular formula is C17H13N3O3. The zero-order valence-electron chi connectivity index (χ0n) is 12.2. The Morgan fingerprint density at radius 1 is 1.22 bits per heavy atom. The van der Waals surface area contributed by atoms with Crippen LogP contribution in [0.25, 0.3) is 0 Å². The number of non-ortho nitro benzene ring substituents is 1. The van der Waals surface area contributed by atoms with Crippen LogP contribution in [-0.2, 0) is 17.8 Å². The number of amides is 1. The molecule has 0 N–H and O–H groups in total. The average Bonchev–Trinajstić information content (AvgIpc) is 2.57. The summed E-state index contributed by atoms with van der Waals surface area (Å²) in [5.74, 6) is -0.0425. The SMILES string of the molecule is N#Cc1ccccc1CN1C(=O)CCc2cc([N+](=O)[O-])ccc21. The van der Waals surface area contributed by atoms with Crippen molar-refractivity contribution in [1.29, 1.82) is 5.26 Å². The molecule has 23 heavy (non-hydrogen) atoms. The summed E-state index contributed by atoms with van der Waals surface area (Å²) in [5.41, 5.74) is 2.77. The quantitative estimate of drug-likeness (QED) is 0.644. The van der Waals surface area contributed by atoms with Gasteiger partial charge in [0.15, 0.2) is 0 Å². The van der Waals surface area contributed by atoms with E-state index in [9.17, 15) is 20.2 Å². The number of carbonyl (C=O) groups excluding carboxylic acids is 1. The Labute approximate surface area is 132 Å². The second-order valence-corrected chi connectivity index (χ2v) is 5.32. The molecular weight excluding hydrogens is 294 g/mol. The lowest BCUT2D eigenvalue weighted by Crippen LogP contribution is -2.34. The molecule has 0 radical (unpaired) electrons. The van der Waals surface area contributed by atoms with Gasteiger partial charge in [-0.2, -0.15) is 5.26 Å². The van der Waals surface area contributed by atoms with Crippen molar-refractivity contribution in [2.75, 3.05) is 4.90 Å². The molecule has 0 bridgehead atoms. The highest BCUT2D eigenvalue weighted by Crippen LogP contribution is 2.32. The number of nitriles is 1. The number of rotatable bonds is 3. The molecule has 0 aliphatic carbocycles. The number of nitro benzene ring substituents is 1. The van der Waals surface area contributed by atoms with Crippen LogP contribution in [0.5, 0.6) is 0 Å². The summed E-state index contributed by atoms with van der Waals surface area (Å²) in [6, 6.07) is 13.8. The lowest BCUT2D eigenvalue weighted by atomic mass is 9.99. The van der Waals surface area contributed by atoms with Crippen LogP contribution in [0.3, 0.4) is 0 Å². The lowest BCUT2D eigenvalue weighted by Gasteiger charge is -2.29. The molecule has 2 aromatic carbocycles. The number of carbonyl (C=O) groups is 1. The fourth-order valence-electron chi connectivity index (χ4n) is 2.77. The van der Waals surface area contributed by atoms with Gasteiger partial charge in [-0.25, -0.2) is 0 Å². The fraction of sp³-hybridized carbons (Fsp3) is 0.176. The highest BCUT2D eigenvalue weighted by atomic mass is 16.6. The van der Waals surface area contributed by atoms with Crippen LogP contribution in [0.4, 0.5) is 11.4 Å². The van der Waals surface area contributed by atoms with Gasteiger partial charge in [-0.15, -0.1) is 0 Å². The number of aryl methyl sites for hydroxylation is 1. The van der Waals surface area contributed by atoms with Crippen molar-refractivity contribution in [1.82, 2.24) is 0 Å². The highest BCUT2D eigenvalue weighted by Gasteiger charge is 2.26. The van der Waals surface area contributed by atoms with E-state index in [0.29, 0.717) is 24.1 Å². The van der Waals surface area contributed by atoms with Gasteiger partial charge < -0.3 is 4.90 Å². The number of benzene rings is 2. The summed E-state index contributed by atoms with van der Waals surface area (Å²) in [5, 5.41) is 20.1. The van der Waals surface area contributed by atoms with E-state index >= 15 is 0 Å². The standard InChI is InChI=1S/C17H13N3O3/c18-10-13-3-1-2-4-14(13)11-19-16-7-6-15(20(22)23)9-12(16)5-8-17(19)21/h1-4,6-7,9H,5,8,11H2. The van der Waals surface area contributed by atoms with Crippen LogP contribution in [0, 0.1) is 21.4 Å². The van der Waals surface area contributed by atoms with E-state index in [1.807, 2.05) is 12.1 Å². The summed E-state index contributed by atoms with van der Waals surface area (Å²) in [7, 11) is 0. The molecule has 1 heterocycles. The summed E-state index contributed by atoms with van der Waals surface area (Å²) < 4.78 is 0. The van der Waals surface area contributed by atoms with Gasteiger partial charge in [-0.3, -0.25) is 14.9 Å². The predicted molar refractivity (Wildman–Crippen MR) is 83.8 cm³/mol. The van der Waals surface area contributed by atoms with Crippen molar-refractivity contribution in [3.8, 4) is 6.07 Å². The third-order valence-corrected chi connectivity index (χ3v) is 3.94. The van der Waals surface area contributed by atoms with E-state index in [4.69, 9.17) is 0 Å². The molecule has 114 valence electrons. The van der Waals surface area contributed by atoms with E-state index < -0.39 is 4.92 Å². The first kappa shape index (κ1) is 14.7. The summed E-state index contributed by atoms with van der Waals surface area (Å²) >= 11 is 0. The topological polar surface area (TPSA) is 87.2 Å². The molecule has 0 aromatic heterocycles. The van der Waals surface area contributed by atoms with Gasteiger partial charge in [0, 0.05) is 24.2 Å². The first-order valence-electron chi connectivity index (χ1n) is 7.16. The number of nitrogens with zero attached hydrogens (tertiary/aromatic N) is 3. The van der Waals surface area contributed by atoms with Crippen LogP contribution in [0.15, 0.2) is 42.5 Å². The third-order valence-electron chi connectivity index (χ3n) is 3.94. The second kappa shape index (κ2) is 5.89. The maximum absolute atomic E-state index is 12.3. The van der Waals surface area contributed by atoms with Crippen molar-refractivity contribution in [2.24, 2.45) is 0 Å². The van der Waals surface area contributed by atoms with Crippen molar-refractivity contribution < 1.29 is 9.72 Å². The minimum atomic E-state index is -0.438. The Kier molecular flexibility index (Phi) is 3.77. The minimum Gasteiger partial charge on any atom is -0.308 e.